The van der Waals surface area contributed by atoms with Crippen LogP contribution in [0, 0.1) is 0 Å². The third kappa shape index (κ3) is 2.93. The highest BCUT2D eigenvalue weighted by atomic mass is 16.6. The highest BCUT2D eigenvalue weighted by Gasteiger charge is 2.46. The summed E-state index contributed by atoms with van der Waals surface area (Å²) in [5, 5.41) is 11.4. The van der Waals surface area contributed by atoms with E-state index in [0.717, 1.165) is 0 Å². The lowest BCUT2D eigenvalue weighted by Crippen LogP contribution is -2.50. The number of aliphatic hydroxyl groups is 1. The Bertz CT molecular complexity index is 921. The molecule has 1 aliphatic heterocycles. The molecule has 0 aliphatic carbocycles. The smallest absolute Gasteiger partial charge is 0.336 e. The molecular weight excluding hydrogens is 324 g/mol. The quantitative estimate of drug-likeness (QED) is 0.512. The van der Waals surface area contributed by atoms with Crippen molar-refractivity contribution in [2.75, 3.05) is 0 Å². The predicted octanol–water partition coefficient (Wildman–Crippen LogP) is 2.88. The van der Waals surface area contributed by atoms with Crippen molar-refractivity contribution in [3.63, 3.8) is 0 Å². The third-order valence-corrected chi connectivity index (χ3v) is 4.43. The highest BCUT2D eigenvalue weighted by molar-refractivity contribution is 5.89. The van der Waals surface area contributed by atoms with Gasteiger partial charge in [0.25, 0.3) is 0 Å². The lowest BCUT2D eigenvalue weighted by molar-refractivity contribution is -0.166. The number of esters is 1. The van der Waals surface area contributed by atoms with Crippen molar-refractivity contribution >= 4 is 16.9 Å². The Labute approximate surface area is 144 Å². The van der Waals surface area contributed by atoms with Gasteiger partial charge < -0.3 is 19.0 Å². The van der Waals surface area contributed by atoms with Crippen molar-refractivity contribution in [2.45, 2.75) is 45.5 Å². The molecule has 0 saturated carbocycles. The minimum atomic E-state index is -1.13. The summed E-state index contributed by atoms with van der Waals surface area (Å²) in [6, 6.07) is 6.39. The van der Waals surface area contributed by atoms with Crippen LogP contribution in [-0.4, -0.2) is 22.8 Å². The zero-order valence-corrected chi connectivity index (χ0v) is 14.5. The lowest BCUT2D eigenvalue weighted by atomic mass is 9.87. The fraction of sp³-hybridized carbons (Fsp3) is 0.368. The van der Waals surface area contributed by atoms with E-state index >= 15 is 0 Å². The van der Waals surface area contributed by atoms with Crippen LogP contribution in [0.2, 0.25) is 0 Å². The first kappa shape index (κ1) is 17.2. The Balaban J connectivity index is 2.22. The fourth-order valence-electron chi connectivity index (χ4n) is 2.81. The SMILES string of the molecule is CC=C(C)C(=O)O[C@H]1c2c(ccc3ccc(=O)oc23)OC(C)(C)[C@@H]1O. The molecule has 0 unspecified atom stereocenters. The molecule has 25 heavy (non-hydrogen) atoms. The first-order valence-electron chi connectivity index (χ1n) is 8.02. The van der Waals surface area contributed by atoms with E-state index in [0.29, 0.717) is 22.3 Å². The van der Waals surface area contributed by atoms with Crippen LogP contribution in [0.15, 0.2) is 45.1 Å². The molecule has 1 aliphatic rings. The Morgan fingerprint density at radius 1 is 1.28 bits per heavy atom. The zero-order valence-electron chi connectivity index (χ0n) is 14.5. The molecular formula is C19H20O6. The fourth-order valence-corrected chi connectivity index (χ4v) is 2.81. The molecule has 0 radical (unpaired) electrons. The molecule has 2 aromatic rings. The number of ether oxygens (including phenoxy) is 2. The van der Waals surface area contributed by atoms with Gasteiger partial charge in [0.05, 0.1) is 5.56 Å². The maximum atomic E-state index is 12.3. The van der Waals surface area contributed by atoms with Crippen LogP contribution in [0.1, 0.15) is 39.4 Å². The van der Waals surface area contributed by atoms with Gasteiger partial charge in [0.2, 0.25) is 0 Å². The number of allylic oxidation sites excluding steroid dienone is 1. The molecule has 0 amide bonds. The third-order valence-electron chi connectivity index (χ3n) is 4.43. The molecule has 0 spiro atoms. The van der Waals surface area contributed by atoms with Crippen molar-refractivity contribution in [3.05, 3.63) is 51.9 Å². The maximum Gasteiger partial charge on any atom is 0.336 e. The largest absolute Gasteiger partial charge is 0.484 e. The van der Waals surface area contributed by atoms with Gasteiger partial charge in [0.15, 0.2) is 6.10 Å². The molecule has 2 atom stereocenters. The van der Waals surface area contributed by atoms with Crippen LogP contribution in [0.3, 0.4) is 0 Å². The number of hydrogen-bond acceptors (Lipinski definition) is 6. The second-order valence-corrected chi connectivity index (χ2v) is 6.60. The summed E-state index contributed by atoms with van der Waals surface area (Å²) < 4.78 is 16.7. The van der Waals surface area contributed by atoms with E-state index in [1.54, 1.807) is 52.0 Å². The molecule has 3 rings (SSSR count). The van der Waals surface area contributed by atoms with Crippen molar-refractivity contribution < 1.29 is 23.8 Å². The van der Waals surface area contributed by atoms with Crippen LogP contribution < -0.4 is 10.4 Å². The van der Waals surface area contributed by atoms with Crippen molar-refractivity contribution in [1.29, 1.82) is 0 Å². The molecule has 1 N–H and O–H groups in total. The summed E-state index contributed by atoms with van der Waals surface area (Å²) in [5.41, 5.74) is -0.491. The van der Waals surface area contributed by atoms with E-state index in [9.17, 15) is 14.7 Å². The summed E-state index contributed by atoms with van der Waals surface area (Å²) in [7, 11) is 0. The average Bonchev–Trinajstić information content (AvgIpc) is 2.57. The van der Waals surface area contributed by atoms with E-state index in [2.05, 4.69) is 0 Å². The van der Waals surface area contributed by atoms with E-state index < -0.39 is 29.4 Å². The van der Waals surface area contributed by atoms with Crippen LogP contribution in [-0.2, 0) is 9.53 Å². The number of carbonyl (C=O) groups is 1. The number of fused-ring (bicyclic) bond motifs is 3. The molecule has 0 saturated heterocycles. The molecule has 0 bridgehead atoms. The van der Waals surface area contributed by atoms with Gasteiger partial charge in [0, 0.05) is 17.0 Å². The summed E-state index contributed by atoms with van der Waals surface area (Å²) in [6.07, 6.45) is -0.524. The summed E-state index contributed by atoms with van der Waals surface area (Å²) in [5.74, 6) is -0.140. The highest BCUT2D eigenvalue weighted by Crippen LogP contribution is 2.45. The summed E-state index contributed by atoms with van der Waals surface area (Å²) in [6.45, 7) is 6.76. The van der Waals surface area contributed by atoms with E-state index in [1.165, 1.54) is 6.07 Å². The Hall–Kier alpha value is -2.60. The van der Waals surface area contributed by atoms with E-state index in [4.69, 9.17) is 13.9 Å². The molecule has 1 aromatic carbocycles. The number of carbonyl (C=O) groups excluding carboxylic acids is 1. The number of benzene rings is 1. The first-order valence-corrected chi connectivity index (χ1v) is 8.02. The van der Waals surface area contributed by atoms with Crippen molar-refractivity contribution in [2.24, 2.45) is 0 Å². The average molecular weight is 344 g/mol. The summed E-state index contributed by atoms with van der Waals surface area (Å²) >= 11 is 0. The van der Waals surface area contributed by atoms with Crippen molar-refractivity contribution in [3.8, 4) is 5.75 Å². The normalized spacial score (nSPS) is 22.2. The molecule has 6 heteroatoms. The number of rotatable bonds is 2. The minimum Gasteiger partial charge on any atom is -0.484 e. The van der Waals surface area contributed by atoms with Gasteiger partial charge in [-0.3, -0.25) is 0 Å². The lowest BCUT2D eigenvalue weighted by Gasteiger charge is -2.41. The maximum absolute atomic E-state index is 12.3. The van der Waals surface area contributed by atoms with E-state index in [1.807, 2.05) is 0 Å². The van der Waals surface area contributed by atoms with Gasteiger partial charge >= 0.3 is 11.6 Å². The van der Waals surface area contributed by atoms with Crippen LogP contribution >= 0.6 is 0 Å². The van der Waals surface area contributed by atoms with Gasteiger partial charge in [-0.2, -0.15) is 0 Å². The van der Waals surface area contributed by atoms with Crippen LogP contribution in [0.25, 0.3) is 11.0 Å². The standard InChI is InChI=1S/C19H20O6/c1-5-10(2)18(22)24-16-14-12(25-19(3,4)17(16)21)8-6-11-7-9-13(20)23-15(11)14/h5-9,16-17,21H,1-4H3/t16-,17+/m0/s1. The molecule has 2 heterocycles. The second-order valence-electron chi connectivity index (χ2n) is 6.60. The Morgan fingerprint density at radius 2 is 1.96 bits per heavy atom. The molecule has 0 fully saturated rings. The predicted molar refractivity (Wildman–Crippen MR) is 91.5 cm³/mol. The number of aliphatic hydroxyl groups excluding tert-OH is 1. The topological polar surface area (TPSA) is 86.0 Å². The second kappa shape index (κ2) is 6.04. The van der Waals surface area contributed by atoms with Crippen LogP contribution in [0.4, 0.5) is 0 Å². The number of hydrogen-bond donors (Lipinski definition) is 1. The summed E-state index contributed by atoms with van der Waals surface area (Å²) in [4.78, 5) is 24.0. The van der Waals surface area contributed by atoms with E-state index in [-0.39, 0.29) is 5.58 Å². The first-order chi connectivity index (χ1) is 11.7. The van der Waals surface area contributed by atoms with Gasteiger partial charge in [-0.1, -0.05) is 6.08 Å². The van der Waals surface area contributed by atoms with Crippen molar-refractivity contribution in [1.82, 2.24) is 0 Å². The van der Waals surface area contributed by atoms with Crippen LogP contribution in [0.5, 0.6) is 5.75 Å². The monoisotopic (exact) mass is 344 g/mol. The van der Waals surface area contributed by atoms with Gasteiger partial charge in [-0.15, -0.1) is 0 Å². The Morgan fingerprint density at radius 3 is 2.64 bits per heavy atom. The minimum absolute atomic E-state index is 0.246. The zero-order chi connectivity index (χ0) is 18.4. The van der Waals surface area contributed by atoms with Gasteiger partial charge in [-0.25, -0.2) is 9.59 Å². The Kier molecular flexibility index (Phi) is 4.16. The van der Waals surface area contributed by atoms with Gasteiger partial charge in [-0.05, 0) is 45.9 Å². The molecule has 1 aromatic heterocycles. The molecule has 132 valence electrons. The molecule has 6 nitrogen and oxygen atoms in total. The van der Waals surface area contributed by atoms with Gasteiger partial charge in [0.1, 0.15) is 23.0 Å².